The normalized spacial score (nSPS) is 1.71. The van der Waals surface area contributed by atoms with Gasteiger partial charge in [0.2, 0.25) is 0 Å². The lowest BCUT2D eigenvalue weighted by Crippen LogP contribution is -1.25. The molecule has 0 aromatic carbocycles. The van der Waals surface area contributed by atoms with E-state index in [9.17, 15) is 0 Å². The van der Waals surface area contributed by atoms with E-state index in [2.05, 4.69) is 0 Å². The van der Waals surface area contributed by atoms with Crippen LogP contribution < -0.4 is 0 Å². The molecule has 0 amide bonds. The maximum absolute atomic E-state index is 8.11. The summed E-state index contributed by atoms with van der Waals surface area (Å²) < 4.78 is 0. The van der Waals surface area contributed by atoms with Gasteiger partial charge in [0.25, 0.3) is 0 Å². The van der Waals surface area contributed by atoms with Crippen LogP contribution in [0.2, 0.25) is 0 Å². The number of hydrogen-bond donors (Lipinski definition) is 1. The Morgan fingerprint density at radius 3 is 1.14 bits per heavy atom. The zero-order valence-electron chi connectivity index (χ0n) is 2.80. The molecule has 0 atom stereocenters. The Balaban J connectivity index is -0.00000000333. The Kier molecular flexibility index (Phi) is 2040. The van der Waals surface area contributed by atoms with Crippen LogP contribution in [-0.4, -0.2) is 39.0 Å². The average molecular weight is 131 g/mol. The highest BCUT2D eigenvalue weighted by atomic mass is 27.0. The minimum absolute atomic E-state index is 0. The van der Waals surface area contributed by atoms with Crippen molar-refractivity contribution in [2.24, 2.45) is 5.34 Å². The Labute approximate surface area is 50.1 Å². The van der Waals surface area contributed by atoms with Gasteiger partial charge < -0.3 is 21.6 Å². The largest absolute Gasteiger partial charge is 0.412 e. The van der Waals surface area contributed by atoms with E-state index in [4.69, 9.17) is 10.1 Å². The molecule has 0 heterocycles. The molecule has 0 saturated heterocycles. The number of rotatable bonds is 0. The van der Waals surface area contributed by atoms with Crippen molar-refractivity contribution < 1.29 is 21.6 Å². The van der Waals surface area contributed by atoms with Crippen molar-refractivity contribution in [1.29, 1.82) is 0 Å². The van der Waals surface area contributed by atoms with Crippen molar-refractivity contribution >= 4 is 17.4 Å². The summed E-state index contributed by atoms with van der Waals surface area (Å²) >= 11 is 0. The summed E-state index contributed by atoms with van der Waals surface area (Å²) in [5.74, 6) is 0. The van der Waals surface area contributed by atoms with Gasteiger partial charge in [0.15, 0.2) is 22.7 Å². The van der Waals surface area contributed by atoms with Crippen molar-refractivity contribution in [3.05, 3.63) is 4.91 Å². The first-order chi connectivity index (χ1) is 1.41. The molecule has 48 valence electrons. The van der Waals surface area contributed by atoms with E-state index in [0.717, 1.165) is 0 Å². The summed E-state index contributed by atoms with van der Waals surface area (Å²) in [5, 5.41) is 7.89. The second-order valence-electron chi connectivity index (χ2n) is 0.0816. The number of nitrogens with zero attached hydrogens (tertiary/aromatic N) is 1. The molecule has 0 rings (SSSR count). The molecule has 0 aliphatic carbocycles. The van der Waals surface area contributed by atoms with Gasteiger partial charge in [-0.1, -0.05) is 0 Å². The fraction of sp³-hybridized carbons (Fsp3) is 0. The molecule has 0 bridgehead atoms. The molecule has 6 nitrogen and oxygen atoms in total. The predicted octanol–water partition coefficient (Wildman–Crippen LogP) is -3.52. The molecule has 0 aliphatic rings. The Morgan fingerprint density at radius 1 is 1.14 bits per heavy atom. The van der Waals surface area contributed by atoms with E-state index < -0.39 is 0 Å². The standard InChI is InChI=1S/Al.HNO2.3H2O.3H/c;2-1-3;;;;;;/h;(H,2,3);3*1H2;;;. The first-order valence-corrected chi connectivity index (χ1v) is 0.383. The van der Waals surface area contributed by atoms with Gasteiger partial charge in [-0.25, -0.2) is 0 Å². The van der Waals surface area contributed by atoms with Crippen molar-refractivity contribution in [2.45, 2.75) is 0 Å². The minimum Gasteiger partial charge on any atom is -0.412 e. The maximum Gasteiger partial charge on any atom is 0.187 e. The van der Waals surface area contributed by atoms with Crippen LogP contribution in [0.4, 0.5) is 0 Å². The molecule has 0 unspecified atom stereocenters. The molecular formula is H10AlNO5. The molecular weight excluding hydrogens is 121 g/mol. The molecule has 0 fully saturated rings. The first kappa shape index (κ1) is 70.1. The van der Waals surface area contributed by atoms with Gasteiger partial charge in [0.1, 0.15) is 0 Å². The Bertz CT molecular complexity index is 15.6. The van der Waals surface area contributed by atoms with Gasteiger partial charge >= 0.3 is 0 Å². The highest BCUT2D eigenvalue weighted by Crippen LogP contribution is 1.25. The summed E-state index contributed by atoms with van der Waals surface area (Å²) in [6.07, 6.45) is 0. The van der Waals surface area contributed by atoms with Crippen molar-refractivity contribution in [2.75, 3.05) is 0 Å². The van der Waals surface area contributed by atoms with Gasteiger partial charge in [-0.3, -0.25) is 0 Å². The fourth-order valence-electron chi connectivity index (χ4n) is 0. The first-order valence-electron chi connectivity index (χ1n) is 0.383. The van der Waals surface area contributed by atoms with E-state index in [1.165, 1.54) is 5.34 Å². The van der Waals surface area contributed by atoms with Crippen molar-refractivity contribution in [1.82, 2.24) is 0 Å². The molecule has 7 heavy (non-hydrogen) atoms. The molecule has 7 N–H and O–H groups in total. The predicted molar refractivity (Wildman–Crippen MR) is 28.4 cm³/mol. The van der Waals surface area contributed by atoms with Crippen LogP contribution >= 0.6 is 0 Å². The third kappa shape index (κ3) is 2400. The zero-order chi connectivity index (χ0) is 2.71. The average Bonchev–Trinajstić information content (AvgIpc) is 0.918. The lowest BCUT2D eigenvalue weighted by molar-refractivity contribution is 0.312. The van der Waals surface area contributed by atoms with Gasteiger partial charge in [0.05, 0.1) is 0 Å². The lowest BCUT2D eigenvalue weighted by atomic mass is 13.4. The molecule has 0 aromatic rings. The monoisotopic (exact) mass is 131 g/mol. The van der Waals surface area contributed by atoms with E-state index in [0.29, 0.717) is 0 Å². The summed E-state index contributed by atoms with van der Waals surface area (Å²) in [6.45, 7) is 0. The Morgan fingerprint density at radius 2 is 1.14 bits per heavy atom. The second-order valence-corrected chi connectivity index (χ2v) is 0.0816. The highest BCUT2D eigenvalue weighted by molar-refractivity contribution is 5.75. The van der Waals surface area contributed by atoms with Crippen LogP contribution in [0.5, 0.6) is 0 Å². The molecule has 0 aromatic heterocycles. The lowest BCUT2D eigenvalue weighted by Gasteiger charge is -1.32. The molecule has 0 radical (unpaired) electrons. The van der Waals surface area contributed by atoms with E-state index in [1.54, 1.807) is 0 Å². The SMILES string of the molecule is O.O.O.O=NO.[AlH3]. The third-order valence-corrected chi connectivity index (χ3v) is 0. The van der Waals surface area contributed by atoms with Gasteiger partial charge in [-0.2, -0.15) is 0 Å². The van der Waals surface area contributed by atoms with Crippen LogP contribution in [0.25, 0.3) is 0 Å². The smallest absolute Gasteiger partial charge is 0.187 e. The quantitative estimate of drug-likeness (QED) is 0.206. The van der Waals surface area contributed by atoms with Gasteiger partial charge in [0, 0.05) is 0 Å². The Hall–Kier alpha value is -0.188. The van der Waals surface area contributed by atoms with Crippen molar-refractivity contribution in [3.63, 3.8) is 0 Å². The van der Waals surface area contributed by atoms with Gasteiger partial charge in [-0.05, 0) is 0 Å². The minimum atomic E-state index is 0. The maximum atomic E-state index is 8.11. The molecule has 0 aliphatic heterocycles. The zero-order valence-corrected chi connectivity index (χ0v) is 2.80. The molecule has 7 heteroatoms. The molecule has 0 spiro atoms. The van der Waals surface area contributed by atoms with E-state index >= 15 is 0 Å². The fourth-order valence-corrected chi connectivity index (χ4v) is 0. The van der Waals surface area contributed by atoms with Crippen LogP contribution in [0.3, 0.4) is 0 Å². The van der Waals surface area contributed by atoms with E-state index in [1.807, 2.05) is 0 Å². The van der Waals surface area contributed by atoms with Crippen LogP contribution in [0, 0.1) is 4.91 Å². The summed E-state index contributed by atoms with van der Waals surface area (Å²) in [7, 11) is 0. The second kappa shape index (κ2) is 204. The summed E-state index contributed by atoms with van der Waals surface area (Å²) in [5.41, 5.74) is 0. The van der Waals surface area contributed by atoms with Crippen LogP contribution in [-0.2, 0) is 0 Å². The van der Waals surface area contributed by atoms with Crippen LogP contribution in [0.15, 0.2) is 5.34 Å². The van der Waals surface area contributed by atoms with Gasteiger partial charge in [-0.15, -0.1) is 4.91 Å². The third-order valence-electron chi connectivity index (χ3n) is 0. The van der Waals surface area contributed by atoms with Crippen LogP contribution in [0.1, 0.15) is 0 Å². The topological polar surface area (TPSA) is 144 Å². The van der Waals surface area contributed by atoms with Crippen molar-refractivity contribution in [3.8, 4) is 0 Å². The number of hydrogen-bond acceptors (Lipinski definition) is 2. The van der Waals surface area contributed by atoms with E-state index in [-0.39, 0.29) is 33.8 Å². The highest BCUT2D eigenvalue weighted by Gasteiger charge is 1.18. The summed E-state index contributed by atoms with van der Waals surface area (Å²) in [6, 6.07) is 0. The summed E-state index contributed by atoms with van der Waals surface area (Å²) in [4.78, 5) is 8.11. The molecule has 0 saturated carbocycles.